The van der Waals surface area contributed by atoms with Crippen LogP contribution in [0.25, 0.3) is 0 Å². The van der Waals surface area contributed by atoms with E-state index in [4.69, 9.17) is 14.6 Å². The Labute approximate surface area is 76.6 Å². The lowest BCUT2D eigenvalue weighted by atomic mass is 10.1. The van der Waals surface area contributed by atoms with E-state index in [1.807, 2.05) is 13.8 Å². The quantitative estimate of drug-likeness (QED) is 0.660. The van der Waals surface area contributed by atoms with E-state index in [0.29, 0.717) is 13.2 Å². The maximum Gasteiger partial charge on any atom is 0.505 e. The normalized spacial score (nSPS) is 22.6. The first-order valence-corrected chi connectivity index (χ1v) is 4.13. The van der Waals surface area contributed by atoms with Crippen molar-refractivity contribution in [2.75, 3.05) is 19.8 Å². The van der Waals surface area contributed by atoms with E-state index in [2.05, 4.69) is 4.74 Å². The maximum atomic E-state index is 10.1. The van der Waals surface area contributed by atoms with Crippen LogP contribution in [0.15, 0.2) is 0 Å². The van der Waals surface area contributed by atoms with Crippen LogP contribution in [0.5, 0.6) is 0 Å². The van der Waals surface area contributed by atoms with Crippen molar-refractivity contribution in [1.29, 1.82) is 0 Å². The van der Waals surface area contributed by atoms with Crippen LogP contribution in [0, 0.1) is 5.92 Å². The van der Waals surface area contributed by atoms with E-state index in [1.54, 1.807) is 0 Å². The van der Waals surface area contributed by atoms with Gasteiger partial charge in [0, 0.05) is 5.92 Å². The highest BCUT2D eigenvalue weighted by molar-refractivity contribution is 5.56. The average Bonchev–Trinajstić information content (AvgIpc) is 2.02. The summed E-state index contributed by atoms with van der Waals surface area (Å²) in [5.74, 6) is -0.552. The third-order valence-corrected chi connectivity index (χ3v) is 1.78. The molecule has 1 aliphatic heterocycles. The van der Waals surface area contributed by atoms with Gasteiger partial charge in [-0.3, -0.25) is 0 Å². The van der Waals surface area contributed by atoms with Crippen LogP contribution in [-0.4, -0.2) is 36.9 Å². The van der Waals surface area contributed by atoms with Crippen molar-refractivity contribution in [1.82, 2.24) is 0 Å². The van der Waals surface area contributed by atoms with Crippen LogP contribution in [0.2, 0.25) is 0 Å². The lowest BCUT2D eigenvalue weighted by Gasteiger charge is -2.34. The first-order valence-electron chi connectivity index (χ1n) is 4.13. The van der Waals surface area contributed by atoms with E-state index >= 15 is 0 Å². The van der Waals surface area contributed by atoms with Crippen LogP contribution >= 0.6 is 0 Å². The summed E-state index contributed by atoms with van der Waals surface area (Å²) in [6, 6.07) is 0. The van der Waals surface area contributed by atoms with E-state index < -0.39 is 11.9 Å². The number of rotatable bonds is 2. The molecule has 0 spiro atoms. The maximum absolute atomic E-state index is 10.1. The second kappa shape index (κ2) is 3.93. The summed E-state index contributed by atoms with van der Waals surface area (Å²) in [5.41, 5.74) is 0. The topological polar surface area (TPSA) is 65.0 Å². The largest absolute Gasteiger partial charge is 0.505 e. The standard InChI is InChI=1S/C8H14O5/c1-8(2)12-4-6(5-13-8)3-11-7(9)10/h6H,3-5H2,1-2H3,(H,9,10). The fraction of sp³-hybridized carbons (Fsp3) is 0.875. The van der Waals surface area contributed by atoms with E-state index in [-0.39, 0.29) is 12.5 Å². The van der Waals surface area contributed by atoms with Gasteiger partial charge in [0.1, 0.15) is 6.61 Å². The highest BCUT2D eigenvalue weighted by Crippen LogP contribution is 2.20. The van der Waals surface area contributed by atoms with Crippen LogP contribution in [-0.2, 0) is 14.2 Å². The molecule has 1 heterocycles. The Morgan fingerprint density at radius 2 is 2.08 bits per heavy atom. The zero-order valence-corrected chi connectivity index (χ0v) is 7.78. The second-order valence-electron chi connectivity index (χ2n) is 3.46. The molecule has 0 amide bonds. The number of carboxylic acid groups (broad SMARTS) is 1. The van der Waals surface area contributed by atoms with Crippen molar-refractivity contribution < 1.29 is 24.1 Å². The summed E-state index contributed by atoms with van der Waals surface area (Å²) in [5, 5.41) is 8.24. The molecule has 1 aliphatic rings. The van der Waals surface area contributed by atoms with Crippen molar-refractivity contribution >= 4 is 6.16 Å². The van der Waals surface area contributed by atoms with Gasteiger partial charge in [-0.2, -0.15) is 0 Å². The Morgan fingerprint density at radius 1 is 1.54 bits per heavy atom. The molecule has 0 bridgehead atoms. The Bertz CT molecular complexity index is 179. The molecule has 0 aromatic rings. The molecule has 5 heteroatoms. The molecule has 0 aliphatic carbocycles. The van der Waals surface area contributed by atoms with Crippen molar-refractivity contribution in [3.63, 3.8) is 0 Å². The molecule has 0 radical (unpaired) electrons. The highest BCUT2D eigenvalue weighted by Gasteiger charge is 2.28. The summed E-state index contributed by atoms with van der Waals surface area (Å²) in [6.07, 6.45) is -1.26. The summed E-state index contributed by atoms with van der Waals surface area (Å²) in [4.78, 5) is 10.1. The zero-order chi connectivity index (χ0) is 9.90. The van der Waals surface area contributed by atoms with Crippen LogP contribution in [0.1, 0.15) is 13.8 Å². The summed E-state index contributed by atoms with van der Waals surface area (Å²) >= 11 is 0. The van der Waals surface area contributed by atoms with Gasteiger partial charge in [0.2, 0.25) is 0 Å². The van der Waals surface area contributed by atoms with Gasteiger partial charge in [-0.15, -0.1) is 0 Å². The van der Waals surface area contributed by atoms with Gasteiger partial charge >= 0.3 is 6.16 Å². The van der Waals surface area contributed by atoms with Crippen molar-refractivity contribution in [2.24, 2.45) is 5.92 Å². The number of hydrogen-bond donors (Lipinski definition) is 1. The monoisotopic (exact) mass is 190 g/mol. The minimum Gasteiger partial charge on any atom is -0.450 e. The third kappa shape index (κ3) is 3.61. The van der Waals surface area contributed by atoms with Crippen LogP contribution < -0.4 is 0 Å². The first kappa shape index (κ1) is 10.3. The fourth-order valence-corrected chi connectivity index (χ4v) is 1.01. The Balaban J connectivity index is 2.21. The Hall–Kier alpha value is -0.810. The lowest BCUT2D eigenvalue weighted by Crippen LogP contribution is -2.40. The van der Waals surface area contributed by atoms with Gasteiger partial charge in [-0.05, 0) is 13.8 Å². The van der Waals surface area contributed by atoms with Crippen molar-refractivity contribution in [3.8, 4) is 0 Å². The van der Waals surface area contributed by atoms with Crippen molar-refractivity contribution in [2.45, 2.75) is 19.6 Å². The van der Waals surface area contributed by atoms with Crippen LogP contribution in [0.4, 0.5) is 4.79 Å². The Kier molecular flexibility index (Phi) is 3.11. The zero-order valence-electron chi connectivity index (χ0n) is 7.78. The third-order valence-electron chi connectivity index (χ3n) is 1.78. The molecule has 1 fully saturated rings. The van der Waals surface area contributed by atoms with Gasteiger partial charge in [-0.25, -0.2) is 4.79 Å². The molecule has 1 rings (SSSR count). The second-order valence-corrected chi connectivity index (χ2v) is 3.46. The summed E-state index contributed by atoms with van der Waals surface area (Å²) in [6.45, 7) is 4.72. The SMILES string of the molecule is CC1(C)OCC(COC(=O)O)CO1. The Morgan fingerprint density at radius 3 is 2.54 bits per heavy atom. The van der Waals surface area contributed by atoms with Gasteiger partial charge in [0.05, 0.1) is 13.2 Å². The molecule has 0 aromatic heterocycles. The molecule has 76 valence electrons. The van der Waals surface area contributed by atoms with Gasteiger partial charge < -0.3 is 19.3 Å². The van der Waals surface area contributed by atoms with Gasteiger partial charge in [-0.1, -0.05) is 0 Å². The minimum absolute atomic E-state index is 0.00382. The summed E-state index contributed by atoms with van der Waals surface area (Å²) < 4.78 is 15.0. The van der Waals surface area contributed by atoms with E-state index in [1.165, 1.54) is 0 Å². The molecule has 13 heavy (non-hydrogen) atoms. The molecule has 0 saturated carbocycles. The lowest BCUT2D eigenvalue weighted by molar-refractivity contribution is -0.265. The predicted octanol–water partition coefficient (Wildman–Crippen LogP) is 1.08. The smallest absolute Gasteiger partial charge is 0.450 e. The van der Waals surface area contributed by atoms with Crippen molar-refractivity contribution in [3.05, 3.63) is 0 Å². The molecule has 1 N–H and O–H groups in total. The molecule has 0 unspecified atom stereocenters. The molecule has 1 saturated heterocycles. The fourth-order valence-electron chi connectivity index (χ4n) is 1.01. The van der Waals surface area contributed by atoms with E-state index in [9.17, 15) is 4.79 Å². The average molecular weight is 190 g/mol. The molecule has 0 atom stereocenters. The number of ether oxygens (including phenoxy) is 3. The number of carbonyl (C=O) groups is 1. The van der Waals surface area contributed by atoms with Gasteiger partial charge in [0.25, 0.3) is 0 Å². The van der Waals surface area contributed by atoms with Gasteiger partial charge in [0.15, 0.2) is 5.79 Å². The molecular formula is C8H14O5. The number of hydrogen-bond acceptors (Lipinski definition) is 4. The van der Waals surface area contributed by atoms with E-state index in [0.717, 1.165) is 0 Å². The molecule has 5 nitrogen and oxygen atoms in total. The van der Waals surface area contributed by atoms with Crippen LogP contribution in [0.3, 0.4) is 0 Å². The minimum atomic E-state index is -1.26. The molecule has 0 aromatic carbocycles. The molecular weight excluding hydrogens is 176 g/mol. The highest BCUT2D eigenvalue weighted by atomic mass is 16.7. The predicted molar refractivity (Wildman–Crippen MR) is 43.4 cm³/mol. The first-order chi connectivity index (χ1) is 5.99. The summed E-state index contributed by atoms with van der Waals surface area (Å²) in [7, 11) is 0.